The molecular weight excluding hydrogens is 242 g/mol. The molecule has 0 fully saturated rings. The molecule has 0 radical (unpaired) electrons. The fraction of sp³-hybridized carbons (Fsp3) is 0.333. The van der Waals surface area contributed by atoms with Crippen LogP contribution in [-0.4, -0.2) is 11.7 Å². The van der Waals surface area contributed by atoms with E-state index >= 15 is 0 Å². The number of nitrogens with two attached hydrogens (primary N) is 1. The third-order valence-electron chi connectivity index (χ3n) is 4.14. The third-order valence-corrected chi connectivity index (χ3v) is 4.84. The van der Waals surface area contributed by atoms with Gasteiger partial charge in [0.2, 0.25) is 0 Å². The van der Waals surface area contributed by atoms with Crippen LogP contribution in [0.15, 0.2) is 41.1 Å². The van der Waals surface area contributed by atoms with Gasteiger partial charge in [-0.05, 0) is 46.4 Å². The van der Waals surface area contributed by atoms with Crippen LogP contribution in [-0.2, 0) is 11.8 Å². The lowest BCUT2D eigenvalue weighted by Crippen LogP contribution is -2.39. The summed E-state index contributed by atoms with van der Waals surface area (Å²) in [4.78, 5) is 0. The highest BCUT2D eigenvalue weighted by molar-refractivity contribution is 7.07. The first-order valence-corrected chi connectivity index (χ1v) is 7.21. The van der Waals surface area contributed by atoms with E-state index in [0.717, 1.165) is 18.4 Å². The largest absolute Gasteiger partial charge is 0.387 e. The average Bonchev–Trinajstić information content (AvgIpc) is 3.06. The van der Waals surface area contributed by atoms with Gasteiger partial charge in [0.1, 0.15) is 0 Å². The van der Waals surface area contributed by atoms with E-state index in [0.29, 0.717) is 6.54 Å². The topological polar surface area (TPSA) is 46.2 Å². The Balaban J connectivity index is 2.07. The molecule has 1 aromatic heterocycles. The summed E-state index contributed by atoms with van der Waals surface area (Å²) >= 11 is 1.62. The molecule has 0 aliphatic heterocycles. The van der Waals surface area contributed by atoms with Crippen molar-refractivity contribution in [3.05, 3.63) is 57.8 Å². The Bertz CT molecular complexity index is 537. The summed E-state index contributed by atoms with van der Waals surface area (Å²) in [5.74, 6) is 0. The highest BCUT2D eigenvalue weighted by atomic mass is 32.1. The summed E-state index contributed by atoms with van der Waals surface area (Å²) in [6.45, 7) is 0.487. The highest BCUT2D eigenvalue weighted by Crippen LogP contribution is 2.46. The van der Waals surface area contributed by atoms with E-state index in [9.17, 15) is 5.11 Å². The molecule has 2 nitrogen and oxygen atoms in total. The van der Waals surface area contributed by atoms with Crippen molar-refractivity contribution in [3.63, 3.8) is 0 Å². The van der Waals surface area contributed by atoms with E-state index in [-0.39, 0.29) is 5.41 Å². The molecule has 2 unspecified atom stereocenters. The van der Waals surface area contributed by atoms with Crippen molar-refractivity contribution in [1.82, 2.24) is 0 Å². The van der Waals surface area contributed by atoms with Crippen molar-refractivity contribution in [2.45, 2.75) is 24.4 Å². The molecule has 1 aromatic carbocycles. The van der Waals surface area contributed by atoms with Crippen molar-refractivity contribution in [1.29, 1.82) is 0 Å². The van der Waals surface area contributed by atoms with Gasteiger partial charge in [-0.3, -0.25) is 0 Å². The van der Waals surface area contributed by atoms with Crippen LogP contribution >= 0.6 is 11.3 Å². The standard InChI is InChI=1S/C15H17NOS/c16-10-15(14(17)12-6-8-18-9-12)7-5-11-3-1-2-4-13(11)15/h1-4,6,8-9,14,17H,5,7,10,16H2. The van der Waals surface area contributed by atoms with Crippen LogP contribution in [0.4, 0.5) is 0 Å². The second-order valence-electron chi connectivity index (χ2n) is 4.98. The molecule has 94 valence electrons. The monoisotopic (exact) mass is 259 g/mol. The van der Waals surface area contributed by atoms with Gasteiger partial charge in [0, 0.05) is 12.0 Å². The van der Waals surface area contributed by atoms with E-state index in [4.69, 9.17) is 5.73 Å². The van der Waals surface area contributed by atoms with Crippen molar-refractivity contribution in [2.75, 3.05) is 6.54 Å². The average molecular weight is 259 g/mol. The van der Waals surface area contributed by atoms with Gasteiger partial charge >= 0.3 is 0 Å². The Morgan fingerprint density at radius 2 is 2.17 bits per heavy atom. The molecule has 0 saturated carbocycles. The Morgan fingerprint density at radius 3 is 2.89 bits per heavy atom. The van der Waals surface area contributed by atoms with Crippen molar-refractivity contribution >= 4 is 11.3 Å². The number of aryl methyl sites for hydroxylation is 1. The quantitative estimate of drug-likeness (QED) is 0.890. The summed E-state index contributed by atoms with van der Waals surface area (Å²) in [7, 11) is 0. The molecule has 0 bridgehead atoms. The number of aliphatic hydroxyl groups excluding tert-OH is 1. The molecule has 1 aliphatic rings. The molecular formula is C15H17NOS. The molecule has 3 N–H and O–H groups in total. The lowest BCUT2D eigenvalue weighted by atomic mass is 9.75. The summed E-state index contributed by atoms with van der Waals surface area (Å²) in [5.41, 5.74) is 9.27. The molecule has 0 saturated heterocycles. The lowest BCUT2D eigenvalue weighted by molar-refractivity contribution is 0.0844. The number of rotatable bonds is 3. The Kier molecular flexibility index (Phi) is 2.98. The number of hydrogen-bond acceptors (Lipinski definition) is 3. The van der Waals surface area contributed by atoms with Crippen molar-refractivity contribution in [2.24, 2.45) is 5.73 Å². The minimum atomic E-state index is -0.502. The molecule has 2 aromatic rings. The molecule has 3 heteroatoms. The van der Waals surface area contributed by atoms with Gasteiger partial charge in [0.05, 0.1) is 6.10 Å². The lowest BCUT2D eigenvalue weighted by Gasteiger charge is -2.34. The van der Waals surface area contributed by atoms with Crippen LogP contribution in [0.3, 0.4) is 0 Å². The van der Waals surface area contributed by atoms with E-state index in [1.165, 1.54) is 11.1 Å². The second kappa shape index (κ2) is 4.50. The van der Waals surface area contributed by atoms with Crippen LogP contribution in [0.5, 0.6) is 0 Å². The van der Waals surface area contributed by atoms with Crippen LogP contribution in [0.2, 0.25) is 0 Å². The fourth-order valence-electron chi connectivity index (χ4n) is 3.07. The number of thiophene rings is 1. The maximum atomic E-state index is 10.7. The van der Waals surface area contributed by atoms with Gasteiger partial charge < -0.3 is 10.8 Å². The molecule has 1 heterocycles. The normalized spacial score (nSPS) is 23.9. The summed E-state index contributed by atoms with van der Waals surface area (Å²) < 4.78 is 0. The van der Waals surface area contributed by atoms with E-state index in [2.05, 4.69) is 18.2 Å². The minimum absolute atomic E-state index is 0.308. The van der Waals surface area contributed by atoms with Gasteiger partial charge in [-0.1, -0.05) is 24.3 Å². The smallest absolute Gasteiger partial charge is 0.0906 e. The van der Waals surface area contributed by atoms with Crippen molar-refractivity contribution in [3.8, 4) is 0 Å². The van der Waals surface area contributed by atoms with Crippen LogP contribution in [0.25, 0.3) is 0 Å². The van der Waals surface area contributed by atoms with Gasteiger partial charge in [-0.2, -0.15) is 11.3 Å². The predicted molar refractivity (Wildman–Crippen MR) is 74.8 cm³/mol. The van der Waals surface area contributed by atoms with Crippen LogP contribution in [0, 0.1) is 0 Å². The third kappa shape index (κ3) is 1.62. The molecule has 2 atom stereocenters. The van der Waals surface area contributed by atoms with Gasteiger partial charge in [0.25, 0.3) is 0 Å². The van der Waals surface area contributed by atoms with Gasteiger partial charge in [-0.15, -0.1) is 0 Å². The maximum Gasteiger partial charge on any atom is 0.0906 e. The predicted octanol–water partition coefficient (Wildman–Crippen LogP) is 2.62. The molecule has 1 aliphatic carbocycles. The Hall–Kier alpha value is -1.16. The van der Waals surface area contributed by atoms with Gasteiger partial charge in [-0.25, -0.2) is 0 Å². The zero-order valence-electron chi connectivity index (χ0n) is 10.2. The summed E-state index contributed by atoms with van der Waals surface area (Å²) in [5, 5.41) is 14.8. The summed E-state index contributed by atoms with van der Waals surface area (Å²) in [6.07, 6.45) is 1.44. The Morgan fingerprint density at radius 1 is 1.33 bits per heavy atom. The van der Waals surface area contributed by atoms with Gasteiger partial charge in [0.15, 0.2) is 0 Å². The minimum Gasteiger partial charge on any atom is -0.387 e. The van der Waals surface area contributed by atoms with Crippen LogP contribution < -0.4 is 5.73 Å². The fourth-order valence-corrected chi connectivity index (χ4v) is 3.75. The first-order valence-electron chi connectivity index (χ1n) is 6.26. The van der Waals surface area contributed by atoms with Crippen LogP contribution in [0.1, 0.15) is 29.2 Å². The molecule has 18 heavy (non-hydrogen) atoms. The first kappa shape index (κ1) is 11.9. The van der Waals surface area contributed by atoms with Crippen molar-refractivity contribution < 1.29 is 5.11 Å². The molecule has 0 spiro atoms. The van der Waals surface area contributed by atoms with E-state index in [1.807, 2.05) is 22.9 Å². The number of aliphatic hydroxyl groups is 1. The summed E-state index contributed by atoms with van der Waals surface area (Å²) in [6, 6.07) is 10.4. The first-order chi connectivity index (χ1) is 8.78. The highest BCUT2D eigenvalue weighted by Gasteiger charge is 2.44. The SMILES string of the molecule is NCC1(C(O)c2ccsc2)CCc2ccccc21. The van der Waals surface area contributed by atoms with E-state index in [1.54, 1.807) is 11.3 Å². The maximum absolute atomic E-state index is 10.7. The molecule has 0 amide bonds. The zero-order chi connectivity index (χ0) is 12.6. The Labute approximate surface area is 111 Å². The second-order valence-corrected chi connectivity index (χ2v) is 5.76. The number of hydrogen-bond donors (Lipinski definition) is 2. The number of fused-ring (bicyclic) bond motifs is 1. The molecule has 3 rings (SSSR count). The van der Waals surface area contributed by atoms with E-state index < -0.39 is 6.10 Å². The zero-order valence-corrected chi connectivity index (χ0v) is 11.0. The number of benzene rings is 1.